The molecular weight excluding hydrogens is 244 g/mol. The van der Waals surface area contributed by atoms with Gasteiger partial charge in [0.1, 0.15) is 0 Å². The summed E-state index contributed by atoms with van der Waals surface area (Å²) < 4.78 is 0. The van der Waals surface area contributed by atoms with Crippen LogP contribution < -0.4 is 5.32 Å². The summed E-state index contributed by atoms with van der Waals surface area (Å²) in [5.41, 5.74) is 0.645. The molecule has 1 saturated heterocycles. The predicted octanol–water partition coefficient (Wildman–Crippen LogP) is 4.45. The maximum absolute atomic E-state index is 3.84. The van der Waals surface area contributed by atoms with Crippen molar-refractivity contribution in [1.82, 2.24) is 10.2 Å². The Bertz CT molecular complexity index is 269. The first-order valence-corrected chi connectivity index (χ1v) is 8.93. The van der Waals surface area contributed by atoms with Crippen LogP contribution in [0.15, 0.2) is 0 Å². The van der Waals surface area contributed by atoms with Gasteiger partial charge in [0, 0.05) is 30.7 Å². The molecule has 120 valence electrons. The maximum atomic E-state index is 3.84. The molecule has 0 aromatic heterocycles. The zero-order valence-corrected chi connectivity index (χ0v) is 14.9. The predicted molar refractivity (Wildman–Crippen MR) is 90.3 cm³/mol. The van der Waals surface area contributed by atoms with Crippen molar-refractivity contribution < 1.29 is 0 Å². The molecule has 0 aliphatic carbocycles. The highest BCUT2D eigenvalue weighted by Crippen LogP contribution is 2.30. The highest BCUT2D eigenvalue weighted by atomic mass is 15.3. The van der Waals surface area contributed by atoms with Crippen molar-refractivity contribution in [3.63, 3.8) is 0 Å². The van der Waals surface area contributed by atoms with Crippen LogP contribution in [0.4, 0.5) is 0 Å². The molecule has 0 aromatic carbocycles. The van der Waals surface area contributed by atoms with Crippen molar-refractivity contribution in [1.29, 1.82) is 0 Å². The van der Waals surface area contributed by atoms with Gasteiger partial charge in [-0.15, -0.1) is 0 Å². The minimum Gasteiger partial charge on any atom is -0.308 e. The minimum absolute atomic E-state index is 0.299. The van der Waals surface area contributed by atoms with Crippen molar-refractivity contribution in [2.45, 2.75) is 91.1 Å². The smallest absolute Gasteiger partial charge is 0.0304 e. The zero-order chi connectivity index (χ0) is 15.2. The summed E-state index contributed by atoms with van der Waals surface area (Å²) in [4.78, 5) is 2.78. The standard InChI is InChI=1S/C18H38N2/c1-7-11-12-16(8-2)13-20-15-18(9-3,10-4)19-14-17(20,5)6/h16,19H,7-15H2,1-6H3. The Hall–Kier alpha value is -0.0800. The van der Waals surface area contributed by atoms with Crippen LogP contribution in [0.5, 0.6) is 0 Å². The molecule has 0 radical (unpaired) electrons. The number of piperazine rings is 1. The van der Waals surface area contributed by atoms with Crippen molar-refractivity contribution in [3.8, 4) is 0 Å². The van der Waals surface area contributed by atoms with Crippen LogP contribution in [0, 0.1) is 5.92 Å². The van der Waals surface area contributed by atoms with E-state index in [-0.39, 0.29) is 0 Å². The fraction of sp³-hybridized carbons (Fsp3) is 1.00. The van der Waals surface area contributed by atoms with E-state index in [1.807, 2.05) is 0 Å². The van der Waals surface area contributed by atoms with Crippen LogP contribution in [0.25, 0.3) is 0 Å². The molecule has 0 spiro atoms. The molecule has 1 unspecified atom stereocenters. The summed E-state index contributed by atoms with van der Waals surface area (Å²) in [5.74, 6) is 0.874. The lowest BCUT2D eigenvalue weighted by atomic mass is 9.83. The zero-order valence-electron chi connectivity index (χ0n) is 14.9. The van der Waals surface area contributed by atoms with Gasteiger partial charge in [0.15, 0.2) is 0 Å². The monoisotopic (exact) mass is 282 g/mol. The first-order valence-electron chi connectivity index (χ1n) is 8.93. The molecule has 1 N–H and O–H groups in total. The lowest BCUT2D eigenvalue weighted by Crippen LogP contribution is -2.68. The summed E-state index contributed by atoms with van der Waals surface area (Å²) in [5, 5.41) is 3.84. The second-order valence-corrected chi connectivity index (χ2v) is 7.45. The molecular formula is C18H38N2. The third-order valence-corrected chi connectivity index (χ3v) is 5.62. The molecule has 20 heavy (non-hydrogen) atoms. The highest BCUT2D eigenvalue weighted by Gasteiger charge is 2.41. The number of hydrogen-bond acceptors (Lipinski definition) is 2. The summed E-state index contributed by atoms with van der Waals surface area (Å²) in [6, 6.07) is 0. The lowest BCUT2D eigenvalue weighted by molar-refractivity contribution is 0.00949. The Labute approximate surface area is 127 Å². The van der Waals surface area contributed by atoms with Gasteiger partial charge in [0.05, 0.1) is 0 Å². The van der Waals surface area contributed by atoms with Gasteiger partial charge in [-0.1, -0.05) is 47.0 Å². The molecule has 1 atom stereocenters. The molecule has 1 rings (SSSR count). The van der Waals surface area contributed by atoms with Crippen LogP contribution in [0.3, 0.4) is 0 Å². The summed E-state index contributed by atoms with van der Waals surface area (Å²) in [6.45, 7) is 17.8. The van der Waals surface area contributed by atoms with Crippen molar-refractivity contribution in [3.05, 3.63) is 0 Å². The Kier molecular flexibility index (Phi) is 7.00. The van der Waals surface area contributed by atoms with Gasteiger partial charge in [-0.2, -0.15) is 0 Å². The van der Waals surface area contributed by atoms with E-state index in [1.165, 1.54) is 51.6 Å². The Morgan fingerprint density at radius 3 is 2.25 bits per heavy atom. The van der Waals surface area contributed by atoms with Gasteiger partial charge in [-0.05, 0) is 39.0 Å². The molecule has 0 aromatic rings. The topological polar surface area (TPSA) is 15.3 Å². The number of hydrogen-bond donors (Lipinski definition) is 1. The van der Waals surface area contributed by atoms with Gasteiger partial charge in [-0.25, -0.2) is 0 Å². The summed E-state index contributed by atoms with van der Waals surface area (Å²) in [7, 11) is 0. The maximum Gasteiger partial charge on any atom is 0.0304 e. The van der Waals surface area contributed by atoms with E-state index in [2.05, 4.69) is 51.8 Å². The quantitative estimate of drug-likeness (QED) is 0.708. The molecule has 0 saturated carbocycles. The van der Waals surface area contributed by atoms with Crippen LogP contribution in [-0.2, 0) is 0 Å². The Morgan fingerprint density at radius 2 is 1.75 bits per heavy atom. The van der Waals surface area contributed by atoms with E-state index in [9.17, 15) is 0 Å². The van der Waals surface area contributed by atoms with E-state index < -0.39 is 0 Å². The highest BCUT2D eigenvalue weighted by molar-refractivity contribution is 5.01. The van der Waals surface area contributed by atoms with Gasteiger partial charge in [0.25, 0.3) is 0 Å². The van der Waals surface area contributed by atoms with Crippen molar-refractivity contribution in [2.75, 3.05) is 19.6 Å². The molecule has 0 bridgehead atoms. The van der Waals surface area contributed by atoms with E-state index in [0.717, 1.165) is 12.5 Å². The molecule has 1 aliphatic rings. The van der Waals surface area contributed by atoms with Crippen LogP contribution >= 0.6 is 0 Å². The fourth-order valence-corrected chi connectivity index (χ4v) is 3.42. The van der Waals surface area contributed by atoms with E-state index in [4.69, 9.17) is 0 Å². The van der Waals surface area contributed by atoms with Crippen LogP contribution in [0.2, 0.25) is 0 Å². The van der Waals surface area contributed by atoms with Crippen LogP contribution in [0.1, 0.15) is 80.1 Å². The molecule has 2 nitrogen and oxygen atoms in total. The second-order valence-electron chi connectivity index (χ2n) is 7.45. The number of rotatable bonds is 8. The normalized spacial score (nSPS) is 23.7. The largest absolute Gasteiger partial charge is 0.308 e. The van der Waals surface area contributed by atoms with Gasteiger partial charge >= 0.3 is 0 Å². The van der Waals surface area contributed by atoms with E-state index in [1.54, 1.807) is 0 Å². The average molecular weight is 283 g/mol. The number of nitrogens with one attached hydrogen (secondary N) is 1. The Balaban J connectivity index is 2.71. The second kappa shape index (κ2) is 7.79. The third-order valence-electron chi connectivity index (χ3n) is 5.62. The van der Waals surface area contributed by atoms with Crippen LogP contribution in [-0.4, -0.2) is 35.6 Å². The van der Waals surface area contributed by atoms with Crippen molar-refractivity contribution in [2.24, 2.45) is 5.92 Å². The van der Waals surface area contributed by atoms with Gasteiger partial charge in [-0.3, -0.25) is 4.90 Å². The SMILES string of the molecule is CCCCC(CC)CN1CC(CC)(CC)NCC1(C)C. The van der Waals surface area contributed by atoms with Crippen molar-refractivity contribution >= 4 is 0 Å². The van der Waals surface area contributed by atoms with E-state index >= 15 is 0 Å². The third kappa shape index (κ3) is 4.46. The molecule has 1 fully saturated rings. The fourth-order valence-electron chi connectivity index (χ4n) is 3.42. The van der Waals surface area contributed by atoms with E-state index in [0.29, 0.717) is 11.1 Å². The molecule has 1 heterocycles. The first-order chi connectivity index (χ1) is 9.43. The molecule has 1 aliphatic heterocycles. The molecule has 2 heteroatoms. The summed E-state index contributed by atoms with van der Waals surface area (Å²) >= 11 is 0. The lowest BCUT2D eigenvalue weighted by Gasteiger charge is -2.52. The number of nitrogens with zero attached hydrogens (tertiary/aromatic N) is 1. The summed E-state index contributed by atoms with van der Waals surface area (Å²) in [6.07, 6.45) is 7.92. The minimum atomic E-state index is 0.299. The first kappa shape index (κ1) is 18.0. The Morgan fingerprint density at radius 1 is 1.10 bits per heavy atom. The van der Waals surface area contributed by atoms with Gasteiger partial charge < -0.3 is 5.32 Å². The van der Waals surface area contributed by atoms with Gasteiger partial charge in [0.2, 0.25) is 0 Å². The molecule has 0 amide bonds. The number of unbranched alkanes of at least 4 members (excludes halogenated alkanes) is 1. The average Bonchev–Trinajstić information content (AvgIpc) is 2.45.